The van der Waals surface area contributed by atoms with Crippen LogP contribution in [0.4, 0.5) is 0 Å². The third kappa shape index (κ3) is 0.825. The lowest BCUT2D eigenvalue weighted by molar-refractivity contribution is 1.82. The van der Waals surface area contributed by atoms with Gasteiger partial charge in [0, 0.05) is 16.2 Å². The van der Waals surface area contributed by atoms with Crippen LogP contribution < -0.4 is 0 Å². The number of rotatable bonds is 0. The summed E-state index contributed by atoms with van der Waals surface area (Å²) in [7, 11) is 0. The van der Waals surface area contributed by atoms with Crippen molar-refractivity contribution in [2.75, 3.05) is 0 Å². The van der Waals surface area contributed by atoms with E-state index in [0.29, 0.717) is 0 Å². The average molecular weight is 168 g/mol. The van der Waals surface area contributed by atoms with Crippen molar-refractivity contribution in [1.29, 1.82) is 0 Å². The van der Waals surface area contributed by atoms with Gasteiger partial charge in [-0.1, -0.05) is 17.7 Å². The second kappa shape index (κ2) is 2.26. The molecular weight excluding hydrogens is 164 g/mol. The molecule has 1 aromatic carbocycles. The molecule has 49 valence electrons. The SMILES string of the molecule is Clc1[c]ccc2sccc12. The molecule has 0 atom stereocenters. The first-order valence-corrected chi connectivity index (χ1v) is 4.17. The van der Waals surface area contributed by atoms with E-state index in [9.17, 15) is 0 Å². The van der Waals surface area contributed by atoms with Gasteiger partial charge in [0.15, 0.2) is 0 Å². The summed E-state index contributed by atoms with van der Waals surface area (Å²) in [6.07, 6.45) is 0. The maximum absolute atomic E-state index is 5.85. The smallest absolute Gasteiger partial charge is 0.0571 e. The molecule has 2 aromatic rings. The van der Waals surface area contributed by atoms with E-state index < -0.39 is 0 Å². The van der Waals surface area contributed by atoms with Gasteiger partial charge in [0.2, 0.25) is 0 Å². The zero-order valence-corrected chi connectivity index (χ0v) is 6.67. The molecule has 1 aromatic heterocycles. The maximum Gasteiger partial charge on any atom is 0.0571 e. The molecule has 2 rings (SSSR count). The van der Waals surface area contributed by atoms with E-state index in [2.05, 4.69) is 6.07 Å². The summed E-state index contributed by atoms with van der Waals surface area (Å²) in [6, 6.07) is 8.81. The standard InChI is InChI=1S/C8H4ClS/c9-7-2-1-3-8-6(7)4-5-10-8/h1,3-5H. The largest absolute Gasteiger partial charge is 0.144 e. The van der Waals surface area contributed by atoms with E-state index in [1.165, 1.54) is 4.70 Å². The normalized spacial score (nSPS) is 10.5. The second-order valence-electron chi connectivity index (χ2n) is 1.99. The molecule has 0 amide bonds. The summed E-state index contributed by atoms with van der Waals surface area (Å²) in [4.78, 5) is 0. The molecule has 0 saturated carbocycles. The third-order valence-corrected chi connectivity index (χ3v) is 2.57. The minimum absolute atomic E-state index is 0.721. The van der Waals surface area contributed by atoms with Crippen molar-refractivity contribution in [2.24, 2.45) is 0 Å². The first kappa shape index (κ1) is 6.20. The van der Waals surface area contributed by atoms with E-state index in [0.717, 1.165) is 10.4 Å². The van der Waals surface area contributed by atoms with Gasteiger partial charge in [-0.2, -0.15) is 0 Å². The average Bonchev–Trinajstić information content (AvgIpc) is 2.36. The van der Waals surface area contributed by atoms with E-state index in [-0.39, 0.29) is 0 Å². The number of fused-ring (bicyclic) bond motifs is 1. The van der Waals surface area contributed by atoms with Crippen molar-refractivity contribution in [1.82, 2.24) is 0 Å². The Morgan fingerprint density at radius 2 is 2.30 bits per heavy atom. The predicted octanol–water partition coefficient (Wildman–Crippen LogP) is 3.35. The van der Waals surface area contributed by atoms with Gasteiger partial charge in [-0.3, -0.25) is 0 Å². The van der Waals surface area contributed by atoms with Gasteiger partial charge < -0.3 is 0 Å². The van der Waals surface area contributed by atoms with Gasteiger partial charge >= 0.3 is 0 Å². The summed E-state index contributed by atoms with van der Waals surface area (Å²) < 4.78 is 1.23. The fraction of sp³-hybridized carbons (Fsp3) is 0. The molecule has 0 spiro atoms. The Morgan fingerprint density at radius 3 is 3.10 bits per heavy atom. The minimum Gasteiger partial charge on any atom is -0.144 e. The molecule has 0 fully saturated rings. The number of thiophene rings is 1. The van der Waals surface area contributed by atoms with Crippen LogP contribution >= 0.6 is 22.9 Å². The van der Waals surface area contributed by atoms with Crippen molar-refractivity contribution in [3.05, 3.63) is 34.7 Å². The molecule has 0 saturated heterocycles. The Kier molecular flexibility index (Phi) is 1.40. The number of hydrogen-bond acceptors (Lipinski definition) is 1. The fourth-order valence-corrected chi connectivity index (χ4v) is 1.98. The molecule has 1 heterocycles. The molecule has 0 aliphatic heterocycles. The molecule has 0 nitrogen and oxygen atoms in total. The second-order valence-corrected chi connectivity index (χ2v) is 3.32. The predicted molar refractivity (Wildman–Crippen MR) is 45.7 cm³/mol. The van der Waals surface area contributed by atoms with Gasteiger partial charge in [0.05, 0.1) is 5.02 Å². The van der Waals surface area contributed by atoms with E-state index >= 15 is 0 Å². The van der Waals surface area contributed by atoms with E-state index in [1.54, 1.807) is 11.3 Å². The van der Waals surface area contributed by atoms with Gasteiger partial charge in [-0.15, -0.1) is 11.3 Å². The quantitative estimate of drug-likeness (QED) is 0.565. The first-order valence-electron chi connectivity index (χ1n) is 2.91. The van der Waals surface area contributed by atoms with Crippen LogP contribution in [0.5, 0.6) is 0 Å². The lowest BCUT2D eigenvalue weighted by Crippen LogP contribution is -1.63. The van der Waals surface area contributed by atoms with E-state index in [4.69, 9.17) is 11.6 Å². The van der Waals surface area contributed by atoms with Crippen LogP contribution in [0, 0.1) is 6.07 Å². The molecule has 2 heteroatoms. The highest BCUT2D eigenvalue weighted by molar-refractivity contribution is 7.17. The number of hydrogen-bond donors (Lipinski definition) is 0. The Labute approximate surface area is 68.1 Å². The molecule has 0 unspecified atom stereocenters. The first-order chi connectivity index (χ1) is 4.88. The summed E-state index contributed by atoms with van der Waals surface area (Å²) in [5, 5.41) is 3.86. The van der Waals surface area contributed by atoms with Gasteiger partial charge in [0.25, 0.3) is 0 Å². The van der Waals surface area contributed by atoms with Crippen molar-refractivity contribution in [3.8, 4) is 0 Å². The Bertz CT molecular complexity index is 351. The monoisotopic (exact) mass is 167 g/mol. The molecule has 10 heavy (non-hydrogen) atoms. The van der Waals surface area contributed by atoms with Gasteiger partial charge in [-0.25, -0.2) is 0 Å². The van der Waals surface area contributed by atoms with E-state index in [1.807, 2.05) is 23.6 Å². The Balaban J connectivity index is 2.95. The molecule has 0 aliphatic carbocycles. The Morgan fingerprint density at radius 1 is 1.40 bits per heavy atom. The highest BCUT2D eigenvalue weighted by atomic mass is 35.5. The lowest BCUT2D eigenvalue weighted by Gasteiger charge is -1.88. The fourth-order valence-electron chi connectivity index (χ4n) is 0.900. The summed E-state index contributed by atoms with van der Waals surface area (Å²) in [5.74, 6) is 0. The Hall–Kier alpha value is -0.530. The zero-order chi connectivity index (χ0) is 6.97. The molecule has 0 aliphatic rings. The minimum atomic E-state index is 0.721. The van der Waals surface area contributed by atoms with Gasteiger partial charge in [-0.05, 0) is 17.5 Å². The topological polar surface area (TPSA) is 0 Å². The molecule has 1 radical (unpaired) electrons. The highest BCUT2D eigenvalue weighted by Gasteiger charge is 1.96. The van der Waals surface area contributed by atoms with Crippen LogP contribution in [0.25, 0.3) is 10.1 Å². The van der Waals surface area contributed by atoms with Crippen LogP contribution in [0.2, 0.25) is 5.02 Å². The molecular formula is C8H4ClS. The van der Waals surface area contributed by atoms with Crippen LogP contribution in [-0.4, -0.2) is 0 Å². The van der Waals surface area contributed by atoms with Crippen LogP contribution in [0.1, 0.15) is 0 Å². The summed E-state index contributed by atoms with van der Waals surface area (Å²) in [5.41, 5.74) is 0. The number of halogens is 1. The summed E-state index contributed by atoms with van der Waals surface area (Å²) in [6.45, 7) is 0. The van der Waals surface area contributed by atoms with Crippen molar-refractivity contribution in [2.45, 2.75) is 0 Å². The molecule has 0 bridgehead atoms. The van der Waals surface area contributed by atoms with Crippen LogP contribution in [-0.2, 0) is 0 Å². The molecule has 0 N–H and O–H groups in total. The zero-order valence-electron chi connectivity index (χ0n) is 5.10. The van der Waals surface area contributed by atoms with Crippen LogP contribution in [0.15, 0.2) is 23.6 Å². The third-order valence-electron chi connectivity index (χ3n) is 1.38. The number of benzene rings is 1. The lowest BCUT2D eigenvalue weighted by atomic mass is 10.3. The maximum atomic E-state index is 5.85. The summed E-state index contributed by atoms with van der Waals surface area (Å²) >= 11 is 7.55. The van der Waals surface area contributed by atoms with Gasteiger partial charge in [0.1, 0.15) is 0 Å². The van der Waals surface area contributed by atoms with Crippen LogP contribution in [0.3, 0.4) is 0 Å². The van der Waals surface area contributed by atoms with Crippen molar-refractivity contribution in [3.63, 3.8) is 0 Å². The highest BCUT2D eigenvalue weighted by Crippen LogP contribution is 2.26. The van der Waals surface area contributed by atoms with Crippen molar-refractivity contribution < 1.29 is 0 Å². The van der Waals surface area contributed by atoms with Crippen molar-refractivity contribution >= 4 is 33.0 Å².